The number of carboxylic acid groups (broad SMARTS) is 1. The Morgan fingerprint density at radius 2 is 1.88 bits per heavy atom. The number of thioether (sulfide) groups is 1. The first kappa shape index (κ1) is 23.1. The van der Waals surface area contributed by atoms with Crippen molar-refractivity contribution >= 4 is 35.0 Å². The molecule has 3 aromatic rings. The Bertz CT molecular complexity index is 1280. The van der Waals surface area contributed by atoms with Crippen LogP contribution in [0, 0.1) is 5.82 Å². The molecule has 2 amide bonds. The van der Waals surface area contributed by atoms with Crippen molar-refractivity contribution in [3.8, 4) is 11.5 Å². The lowest BCUT2D eigenvalue weighted by Gasteiger charge is -2.12. The molecule has 1 N–H and O–H groups in total. The monoisotopic (exact) mass is 483 g/mol. The molecule has 1 saturated heterocycles. The lowest BCUT2D eigenvalue weighted by atomic mass is 10.1. The van der Waals surface area contributed by atoms with Gasteiger partial charge in [0.1, 0.15) is 18.2 Å². The van der Waals surface area contributed by atoms with Crippen molar-refractivity contribution in [2.45, 2.75) is 13.2 Å². The first-order chi connectivity index (χ1) is 16.3. The summed E-state index contributed by atoms with van der Waals surface area (Å²) in [6, 6.07) is 13.4. The lowest BCUT2D eigenvalue weighted by Crippen LogP contribution is -2.27. The molecule has 0 saturated carbocycles. The van der Waals surface area contributed by atoms with E-state index in [1.54, 1.807) is 24.3 Å². The molecule has 8 nitrogen and oxygen atoms in total. The van der Waals surface area contributed by atoms with Crippen molar-refractivity contribution in [3.63, 3.8) is 0 Å². The van der Waals surface area contributed by atoms with Crippen LogP contribution in [0.3, 0.4) is 0 Å². The molecule has 10 heteroatoms. The molecule has 0 unspecified atom stereocenters. The van der Waals surface area contributed by atoms with Crippen LogP contribution in [0.15, 0.2) is 63.9 Å². The van der Waals surface area contributed by atoms with Crippen LogP contribution in [0.4, 0.5) is 9.18 Å². The summed E-state index contributed by atoms with van der Waals surface area (Å²) in [5.41, 5.74) is 1.25. The van der Waals surface area contributed by atoms with Crippen molar-refractivity contribution in [3.05, 3.63) is 88.0 Å². The number of methoxy groups -OCH3 is 1. The van der Waals surface area contributed by atoms with Gasteiger partial charge in [-0.05, 0) is 65.4 Å². The summed E-state index contributed by atoms with van der Waals surface area (Å²) < 4.78 is 29.3. The number of furan rings is 1. The number of ether oxygens (including phenoxy) is 2. The molecule has 0 radical (unpaired) electrons. The minimum absolute atomic E-state index is 0.00867. The topological polar surface area (TPSA) is 106 Å². The Balaban J connectivity index is 1.46. The maximum absolute atomic E-state index is 13.1. The van der Waals surface area contributed by atoms with Crippen LogP contribution in [0.5, 0.6) is 11.5 Å². The second kappa shape index (κ2) is 9.84. The van der Waals surface area contributed by atoms with Crippen LogP contribution in [-0.4, -0.2) is 34.2 Å². The van der Waals surface area contributed by atoms with E-state index in [1.807, 2.05) is 0 Å². The Morgan fingerprint density at radius 3 is 2.56 bits per heavy atom. The van der Waals surface area contributed by atoms with Gasteiger partial charge in [0.25, 0.3) is 11.1 Å². The van der Waals surface area contributed by atoms with Gasteiger partial charge in [-0.3, -0.25) is 14.5 Å². The summed E-state index contributed by atoms with van der Waals surface area (Å²) in [6.45, 7) is 0.0417. The van der Waals surface area contributed by atoms with Gasteiger partial charge >= 0.3 is 5.97 Å². The summed E-state index contributed by atoms with van der Waals surface area (Å²) in [4.78, 5) is 37.4. The first-order valence-corrected chi connectivity index (χ1v) is 10.8. The number of aromatic carboxylic acids is 1. The van der Waals surface area contributed by atoms with Gasteiger partial charge in [0.15, 0.2) is 11.5 Å². The van der Waals surface area contributed by atoms with E-state index in [1.165, 1.54) is 43.5 Å². The molecule has 1 aliphatic rings. The van der Waals surface area contributed by atoms with Crippen molar-refractivity contribution in [1.29, 1.82) is 0 Å². The van der Waals surface area contributed by atoms with Crippen LogP contribution in [-0.2, 0) is 17.9 Å². The van der Waals surface area contributed by atoms with Crippen molar-refractivity contribution < 1.29 is 37.8 Å². The highest BCUT2D eigenvalue weighted by molar-refractivity contribution is 8.18. The number of carbonyl (C=O) groups is 3. The molecule has 0 aliphatic carbocycles. The summed E-state index contributed by atoms with van der Waals surface area (Å²) in [5, 5.41) is 8.51. The number of nitrogens with zero attached hydrogens (tertiary/aromatic N) is 1. The predicted molar refractivity (Wildman–Crippen MR) is 121 cm³/mol. The second-order valence-corrected chi connectivity index (χ2v) is 8.16. The minimum atomic E-state index is -1.17. The van der Waals surface area contributed by atoms with Gasteiger partial charge in [-0.25, -0.2) is 9.18 Å². The molecular weight excluding hydrogens is 465 g/mol. The van der Waals surface area contributed by atoms with Gasteiger partial charge in [-0.1, -0.05) is 18.2 Å². The third kappa shape index (κ3) is 5.12. The molecule has 1 aliphatic heterocycles. The third-order valence-corrected chi connectivity index (χ3v) is 5.76. The van der Waals surface area contributed by atoms with E-state index in [-0.39, 0.29) is 23.8 Å². The summed E-state index contributed by atoms with van der Waals surface area (Å²) in [6.07, 6.45) is 1.58. The highest BCUT2D eigenvalue weighted by atomic mass is 32.2. The van der Waals surface area contributed by atoms with Crippen molar-refractivity contribution in [2.24, 2.45) is 0 Å². The Kier molecular flexibility index (Phi) is 6.69. The van der Waals surface area contributed by atoms with E-state index < -0.39 is 22.9 Å². The van der Waals surface area contributed by atoms with E-state index in [4.69, 9.17) is 19.0 Å². The van der Waals surface area contributed by atoms with E-state index in [0.717, 1.165) is 16.7 Å². The third-order valence-electron chi connectivity index (χ3n) is 4.86. The highest BCUT2D eigenvalue weighted by Gasteiger charge is 2.35. The summed E-state index contributed by atoms with van der Waals surface area (Å²) in [5.74, 6) is -1.09. The highest BCUT2D eigenvalue weighted by Crippen LogP contribution is 2.35. The normalized spacial score (nSPS) is 14.6. The van der Waals surface area contributed by atoms with Crippen molar-refractivity contribution in [2.75, 3.05) is 7.11 Å². The van der Waals surface area contributed by atoms with Gasteiger partial charge in [0.2, 0.25) is 5.76 Å². The zero-order chi connectivity index (χ0) is 24.2. The quantitative estimate of drug-likeness (QED) is 0.449. The second-order valence-electron chi connectivity index (χ2n) is 7.16. The molecule has 2 heterocycles. The largest absolute Gasteiger partial charge is 0.493 e. The number of hydrogen-bond acceptors (Lipinski definition) is 7. The summed E-state index contributed by atoms with van der Waals surface area (Å²) >= 11 is 0.821. The zero-order valence-corrected chi connectivity index (χ0v) is 18.6. The number of hydrogen-bond donors (Lipinski definition) is 1. The molecule has 34 heavy (non-hydrogen) atoms. The SMILES string of the molecule is COc1cc(/C=C2\SC(=O)N(Cc3ccc(F)cc3)C2=O)ccc1OCc1ccc(C(=O)O)o1. The zero-order valence-electron chi connectivity index (χ0n) is 17.8. The van der Waals surface area contributed by atoms with Gasteiger partial charge < -0.3 is 19.0 Å². The molecule has 1 fully saturated rings. The van der Waals surface area contributed by atoms with Crippen LogP contribution in [0.25, 0.3) is 6.08 Å². The number of carboxylic acids is 1. The lowest BCUT2D eigenvalue weighted by molar-refractivity contribution is -0.123. The smallest absolute Gasteiger partial charge is 0.371 e. The molecule has 0 atom stereocenters. The fourth-order valence-corrected chi connectivity index (χ4v) is 4.01. The van der Waals surface area contributed by atoms with Gasteiger partial charge in [0.05, 0.1) is 18.6 Å². The van der Waals surface area contributed by atoms with Gasteiger partial charge in [-0.2, -0.15) is 0 Å². The fourth-order valence-electron chi connectivity index (χ4n) is 3.17. The maximum atomic E-state index is 13.1. The molecule has 174 valence electrons. The summed E-state index contributed by atoms with van der Waals surface area (Å²) in [7, 11) is 1.46. The number of halogens is 1. The number of carbonyl (C=O) groups excluding carboxylic acids is 2. The number of amides is 2. The van der Waals surface area contributed by atoms with Crippen LogP contribution in [0.1, 0.15) is 27.4 Å². The van der Waals surface area contributed by atoms with E-state index in [2.05, 4.69) is 0 Å². The minimum Gasteiger partial charge on any atom is -0.493 e. The van der Waals surface area contributed by atoms with Crippen LogP contribution < -0.4 is 9.47 Å². The fraction of sp³-hybridized carbons (Fsp3) is 0.125. The van der Waals surface area contributed by atoms with Crippen molar-refractivity contribution in [1.82, 2.24) is 4.90 Å². The van der Waals surface area contributed by atoms with E-state index >= 15 is 0 Å². The Hall–Kier alpha value is -4.05. The predicted octanol–water partition coefficient (Wildman–Crippen LogP) is 4.94. The number of benzene rings is 2. The maximum Gasteiger partial charge on any atom is 0.371 e. The van der Waals surface area contributed by atoms with Crippen LogP contribution >= 0.6 is 11.8 Å². The number of rotatable bonds is 8. The van der Waals surface area contributed by atoms with Gasteiger partial charge in [0, 0.05) is 0 Å². The Morgan fingerprint density at radius 1 is 1.12 bits per heavy atom. The van der Waals surface area contributed by atoms with Crippen LogP contribution in [0.2, 0.25) is 0 Å². The molecule has 4 rings (SSSR count). The number of imide groups is 1. The van der Waals surface area contributed by atoms with Gasteiger partial charge in [-0.15, -0.1) is 0 Å². The molecule has 0 spiro atoms. The molecule has 1 aromatic heterocycles. The van der Waals surface area contributed by atoms with E-state index in [9.17, 15) is 18.8 Å². The molecular formula is C24H18FNO7S. The molecule has 2 aromatic carbocycles. The standard InChI is InChI=1S/C24H18FNO7S/c1-31-20-10-15(4-8-18(20)32-13-17-7-9-19(33-17)23(28)29)11-21-22(27)26(24(30)34-21)12-14-2-5-16(25)6-3-14/h2-11H,12-13H2,1H3,(H,28,29)/b21-11-. The average molecular weight is 483 g/mol. The first-order valence-electron chi connectivity index (χ1n) is 9.96. The average Bonchev–Trinajstić information content (AvgIpc) is 3.40. The van der Waals surface area contributed by atoms with E-state index in [0.29, 0.717) is 28.4 Å². The molecule has 0 bridgehead atoms. The Labute approximate surface area is 197 Å².